The van der Waals surface area contributed by atoms with Gasteiger partial charge in [-0.25, -0.2) is 0 Å². The van der Waals surface area contributed by atoms with Crippen molar-refractivity contribution in [1.29, 1.82) is 0 Å². The molecule has 2 atom stereocenters. The van der Waals surface area contributed by atoms with E-state index in [1.165, 1.54) is 7.11 Å². The molecule has 0 aromatic heterocycles. The fourth-order valence-electron chi connectivity index (χ4n) is 3.26. The molecule has 0 radical (unpaired) electrons. The van der Waals surface area contributed by atoms with Crippen molar-refractivity contribution in [2.75, 3.05) is 7.11 Å². The van der Waals surface area contributed by atoms with Crippen LogP contribution in [0.5, 0.6) is 23.0 Å². The van der Waals surface area contributed by atoms with Crippen LogP contribution in [-0.2, 0) is 6.42 Å². The van der Waals surface area contributed by atoms with E-state index in [-0.39, 0.29) is 18.0 Å². The average molecular weight is 348 g/mol. The van der Waals surface area contributed by atoms with E-state index in [1.807, 2.05) is 54.6 Å². The molecule has 0 fully saturated rings. The zero-order valence-corrected chi connectivity index (χ0v) is 14.5. The molecular weight excluding hydrogens is 328 g/mol. The van der Waals surface area contributed by atoms with Gasteiger partial charge >= 0.3 is 0 Å². The number of aromatic hydroxyl groups is 1. The van der Waals surface area contributed by atoms with Gasteiger partial charge in [0.1, 0.15) is 17.6 Å². The minimum Gasteiger partial charge on any atom is -0.504 e. The predicted molar refractivity (Wildman–Crippen MR) is 99.0 cm³/mol. The van der Waals surface area contributed by atoms with E-state index in [0.717, 1.165) is 29.0 Å². The maximum atomic E-state index is 9.90. The number of phenols is 1. The third-order valence-electron chi connectivity index (χ3n) is 4.55. The SMILES string of the molecule is COc1cc(C2Oc3ccccc3CC2Oc2ccccc2)ccc1O. The molecule has 0 saturated carbocycles. The minimum atomic E-state index is -0.306. The van der Waals surface area contributed by atoms with Crippen LogP contribution in [0.3, 0.4) is 0 Å². The molecule has 0 amide bonds. The first-order valence-corrected chi connectivity index (χ1v) is 8.58. The van der Waals surface area contributed by atoms with E-state index < -0.39 is 0 Å². The number of phenolic OH excluding ortho intramolecular Hbond substituents is 1. The molecule has 0 bridgehead atoms. The normalized spacial score (nSPS) is 18.5. The molecule has 3 aromatic carbocycles. The zero-order valence-electron chi connectivity index (χ0n) is 14.5. The minimum absolute atomic E-state index is 0.105. The number of rotatable bonds is 4. The maximum absolute atomic E-state index is 9.90. The second-order valence-corrected chi connectivity index (χ2v) is 6.25. The van der Waals surface area contributed by atoms with E-state index in [9.17, 15) is 5.11 Å². The molecule has 2 unspecified atom stereocenters. The molecule has 26 heavy (non-hydrogen) atoms. The highest BCUT2D eigenvalue weighted by molar-refractivity contribution is 5.45. The second-order valence-electron chi connectivity index (χ2n) is 6.25. The lowest BCUT2D eigenvalue weighted by molar-refractivity contribution is 0.0376. The van der Waals surface area contributed by atoms with Gasteiger partial charge in [-0.15, -0.1) is 0 Å². The van der Waals surface area contributed by atoms with Crippen LogP contribution in [0.2, 0.25) is 0 Å². The fourth-order valence-corrected chi connectivity index (χ4v) is 3.26. The molecule has 1 aliphatic heterocycles. The molecular formula is C22H20O4. The van der Waals surface area contributed by atoms with Gasteiger partial charge in [-0.1, -0.05) is 42.5 Å². The molecule has 1 N–H and O–H groups in total. The summed E-state index contributed by atoms with van der Waals surface area (Å²) >= 11 is 0. The monoisotopic (exact) mass is 348 g/mol. The van der Waals surface area contributed by atoms with Gasteiger partial charge in [0.2, 0.25) is 0 Å². The summed E-state index contributed by atoms with van der Waals surface area (Å²) in [6.07, 6.45) is 0.236. The van der Waals surface area contributed by atoms with Crippen LogP contribution in [0.4, 0.5) is 0 Å². The summed E-state index contributed by atoms with van der Waals surface area (Å²) in [7, 11) is 1.54. The van der Waals surface area contributed by atoms with Gasteiger partial charge in [0.25, 0.3) is 0 Å². The number of hydrogen-bond donors (Lipinski definition) is 1. The number of fused-ring (bicyclic) bond motifs is 1. The molecule has 4 rings (SSSR count). The summed E-state index contributed by atoms with van der Waals surface area (Å²) in [6, 6.07) is 23.0. The highest BCUT2D eigenvalue weighted by Gasteiger charge is 2.33. The van der Waals surface area contributed by atoms with Crippen molar-refractivity contribution in [3.05, 3.63) is 83.9 Å². The number of para-hydroxylation sites is 2. The molecule has 3 aromatic rings. The highest BCUT2D eigenvalue weighted by Crippen LogP contribution is 2.39. The third kappa shape index (κ3) is 3.18. The Balaban J connectivity index is 1.71. The quantitative estimate of drug-likeness (QED) is 0.753. The first-order valence-electron chi connectivity index (χ1n) is 8.58. The average Bonchev–Trinajstić information content (AvgIpc) is 2.69. The van der Waals surface area contributed by atoms with E-state index in [4.69, 9.17) is 14.2 Å². The van der Waals surface area contributed by atoms with E-state index in [1.54, 1.807) is 12.1 Å². The van der Waals surface area contributed by atoms with E-state index >= 15 is 0 Å². The molecule has 0 spiro atoms. The summed E-state index contributed by atoms with van der Waals surface area (Å²) < 4.78 is 17.8. The lowest BCUT2D eigenvalue weighted by Gasteiger charge is -2.34. The summed E-state index contributed by atoms with van der Waals surface area (Å²) in [6.45, 7) is 0. The Labute approximate surface area is 152 Å². The Morgan fingerprint density at radius 2 is 1.73 bits per heavy atom. The molecule has 0 saturated heterocycles. The van der Waals surface area contributed by atoms with Gasteiger partial charge in [0.05, 0.1) is 7.11 Å². The van der Waals surface area contributed by atoms with Crippen molar-refractivity contribution in [2.24, 2.45) is 0 Å². The summed E-state index contributed by atoms with van der Waals surface area (Å²) in [5.74, 6) is 2.19. The first-order chi connectivity index (χ1) is 12.7. The number of methoxy groups -OCH3 is 1. The molecule has 0 aliphatic carbocycles. The van der Waals surface area contributed by atoms with Gasteiger partial charge in [0, 0.05) is 12.0 Å². The number of ether oxygens (including phenoxy) is 3. The first kappa shape index (κ1) is 16.3. The van der Waals surface area contributed by atoms with E-state index in [0.29, 0.717) is 5.75 Å². The van der Waals surface area contributed by atoms with Gasteiger partial charge in [-0.3, -0.25) is 0 Å². The van der Waals surface area contributed by atoms with Crippen LogP contribution in [-0.4, -0.2) is 18.3 Å². The van der Waals surface area contributed by atoms with Crippen molar-refractivity contribution in [3.8, 4) is 23.0 Å². The molecule has 132 valence electrons. The van der Waals surface area contributed by atoms with Gasteiger partial charge in [0.15, 0.2) is 17.6 Å². The Kier molecular flexibility index (Phi) is 4.40. The Hall–Kier alpha value is -3.14. The Bertz CT molecular complexity index is 892. The van der Waals surface area contributed by atoms with Gasteiger partial charge in [-0.2, -0.15) is 0 Å². The standard InChI is InChI=1S/C22H20O4/c1-24-20-14-16(11-12-18(20)23)22-21(25-17-8-3-2-4-9-17)13-15-7-5-6-10-19(15)26-22/h2-12,14,21-23H,13H2,1H3. The molecule has 4 heteroatoms. The van der Waals surface area contributed by atoms with Crippen LogP contribution in [0.15, 0.2) is 72.8 Å². The van der Waals surface area contributed by atoms with Crippen LogP contribution in [0.1, 0.15) is 17.2 Å². The second kappa shape index (κ2) is 7.00. The summed E-state index contributed by atoms with van der Waals surface area (Å²) in [5.41, 5.74) is 2.02. The number of hydrogen-bond acceptors (Lipinski definition) is 4. The number of benzene rings is 3. The van der Waals surface area contributed by atoms with Crippen LogP contribution < -0.4 is 14.2 Å². The largest absolute Gasteiger partial charge is 0.504 e. The molecule has 4 nitrogen and oxygen atoms in total. The molecule has 1 aliphatic rings. The van der Waals surface area contributed by atoms with Gasteiger partial charge < -0.3 is 19.3 Å². The predicted octanol–water partition coefficient (Wildman–Crippen LogP) is 4.52. The lowest BCUT2D eigenvalue weighted by atomic mass is 9.94. The van der Waals surface area contributed by atoms with Crippen molar-refractivity contribution < 1.29 is 19.3 Å². The summed E-state index contributed by atoms with van der Waals surface area (Å²) in [4.78, 5) is 0. The third-order valence-corrected chi connectivity index (χ3v) is 4.55. The Morgan fingerprint density at radius 3 is 2.54 bits per heavy atom. The van der Waals surface area contributed by atoms with Crippen LogP contribution in [0.25, 0.3) is 0 Å². The van der Waals surface area contributed by atoms with Crippen molar-refractivity contribution in [3.63, 3.8) is 0 Å². The maximum Gasteiger partial charge on any atom is 0.161 e. The van der Waals surface area contributed by atoms with Crippen molar-refractivity contribution in [1.82, 2.24) is 0 Å². The highest BCUT2D eigenvalue weighted by atomic mass is 16.5. The topological polar surface area (TPSA) is 47.9 Å². The molecule has 1 heterocycles. The van der Waals surface area contributed by atoms with Crippen molar-refractivity contribution in [2.45, 2.75) is 18.6 Å². The smallest absolute Gasteiger partial charge is 0.161 e. The van der Waals surface area contributed by atoms with E-state index in [2.05, 4.69) is 6.07 Å². The summed E-state index contributed by atoms with van der Waals surface area (Å²) in [5, 5.41) is 9.90. The van der Waals surface area contributed by atoms with Crippen LogP contribution in [0, 0.1) is 0 Å². The van der Waals surface area contributed by atoms with Crippen molar-refractivity contribution >= 4 is 0 Å². The lowest BCUT2D eigenvalue weighted by Crippen LogP contribution is -2.35. The Morgan fingerprint density at radius 1 is 0.962 bits per heavy atom. The zero-order chi connectivity index (χ0) is 17.9. The fraction of sp³-hybridized carbons (Fsp3) is 0.182. The van der Waals surface area contributed by atoms with Crippen LogP contribution >= 0.6 is 0 Å². The van der Waals surface area contributed by atoms with Gasteiger partial charge in [-0.05, 0) is 35.9 Å².